The molecule has 0 atom stereocenters. The van der Waals surface area contributed by atoms with E-state index in [1.807, 2.05) is 24.3 Å². The summed E-state index contributed by atoms with van der Waals surface area (Å²) >= 11 is 9.19. The molecule has 0 saturated heterocycles. The van der Waals surface area contributed by atoms with Crippen molar-refractivity contribution in [3.05, 3.63) is 85.1 Å². The van der Waals surface area contributed by atoms with Crippen LogP contribution in [-0.4, -0.2) is 31.9 Å². The molecular formula is C18H13BrClN5O4. The number of carbonyl (C=O) groups excluding carboxylic acids is 1. The zero-order valence-electron chi connectivity index (χ0n) is 14.6. The highest BCUT2D eigenvalue weighted by Gasteiger charge is 2.25. The quantitative estimate of drug-likeness (QED) is 0.317. The summed E-state index contributed by atoms with van der Waals surface area (Å²) in [7, 11) is 0. The first-order chi connectivity index (χ1) is 13.8. The Morgan fingerprint density at radius 1 is 1.38 bits per heavy atom. The van der Waals surface area contributed by atoms with E-state index in [1.165, 1.54) is 35.3 Å². The van der Waals surface area contributed by atoms with E-state index in [1.54, 1.807) is 0 Å². The number of nitrogens with zero attached hydrogens (tertiary/aromatic N) is 4. The minimum atomic E-state index is -0.859. The number of aromatic hydroxyl groups is 1. The van der Waals surface area contributed by atoms with Crippen LogP contribution in [-0.2, 0) is 6.54 Å². The summed E-state index contributed by atoms with van der Waals surface area (Å²) in [6.07, 6.45) is 2.35. The summed E-state index contributed by atoms with van der Waals surface area (Å²) in [4.78, 5) is 22.9. The van der Waals surface area contributed by atoms with Gasteiger partial charge in [0.05, 0.1) is 17.7 Å². The molecule has 0 aliphatic carbocycles. The lowest BCUT2D eigenvalue weighted by molar-refractivity contribution is -0.385. The van der Waals surface area contributed by atoms with Crippen molar-refractivity contribution < 1.29 is 14.8 Å². The monoisotopic (exact) mass is 477 g/mol. The SMILES string of the molecule is O=C(N/N=C\c1cc(Cl)ccc1O)c1nn(Cc2cccc(Br)c2)cc1[N+](=O)[O-]. The number of phenols is 1. The number of carbonyl (C=O) groups is 1. The van der Waals surface area contributed by atoms with Crippen molar-refractivity contribution in [2.24, 2.45) is 5.10 Å². The summed E-state index contributed by atoms with van der Waals surface area (Å²) in [5.74, 6) is -0.945. The second-order valence-electron chi connectivity index (χ2n) is 5.85. The first-order valence-electron chi connectivity index (χ1n) is 8.11. The third-order valence-corrected chi connectivity index (χ3v) is 4.48. The van der Waals surface area contributed by atoms with Gasteiger partial charge in [0.2, 0.25) is 5.69 Å². The van der Waals surface area contributed by atoms with Gasteiger partial charge in [-0.15, -0.1) is 0 Å². The molecule has 3 aromatic rings. The number of rotatable bonds is 6. The number of amides is 1. The van der Waals surface area contributed by atoms with E-state index in [0.717, 1.165) is 10.0 Å². The molecule has 0 aliphatic heterocycles. The number of hydrazone groups is 1. The van der Waals surface area contributed by atoms with Crippen molar-refractivity contribution in [3.63, 3.8) is 0 Å². The molecule has 9 nitrogen and oxygen atoms in total. The maximum Gasteiger partial charge on any atom is 0.320 e. The fraction of sp³-hybridized carbons (Fsp3) is 0.0556. The third-order valence-electron chi connectivity index (χ3n) is 3.75. The number of hydrogen-bond acceptors (Lipinski definition) is 6. The molecule has 2 N–H and O–H groups in total. The van der Waals surface area contributed by atoms with Crippen molar-refractivity contribution in [1.29, 1.82) is 0 Å². The van der Waals surface area contributed by atoms with Crippen LogP contribution >= 0.6 is 27.5 Å². The smallest absolute Gasteiger partial charge is 0.320 e. The number of aromatic nitrogens is 2. The molecule has 1 aromatic heterocycles. The summed E-state index contributed by atoms with van der Waals surface area (Å²) in [5, 5.41) is 29.1. The number of nitrogens with one attached hydrogen (secondary N) is 1. The van der Waals surface area contributed by atoms with Crippen molar-refractivity contribution in [2.75, 3.05) is 0 Å². The van der Waals surface area contributed by atoms with Crippen molar-refractivity contribution in [3.8, 4) is 5.75 Å². The molecule has 2 aromatic carbocycles. The molecular weight excluding hydrogens is 466 g/mol. The van der Waals surface area contributed by atoms with Gasteiger partial charge in [-0.3, -0.25) is 19.6 Å². The largest absolute Gasteiger partial charge is 0.507 e. The van der Waals surface area contributed by atoms with Gasteiger partial charge < -0.3 is 5.11 Å². The summed E-state index contributed by atoms with van der Waals surface area (Å²) in [6.45, 7) is 0.243. The Morgan fingerprint density at radius 2 is 2.17 bits per heavy atom. The zero-order valence-corrected chi connectivity index (χ0v) is 17.0. The topological polar surface area (TPSA) is 123 Å². The van der Waals surface area contributed by atoms with E-state index in [0.29, 0.717) is 5.02 Å². The molecule has 0 spiro atoms. The molecule has 0 aliphatic rings. The van der Waals surface area contributed by atoms with Gasteiger partial charge in [0, 0.05) is 15.1 Å². The molecule has 1 amide bonds. The van der Waals surface area contributed by atoms with Gasteiger partial charge >= 0.3 is 5.69 Å². The van der Waals surface area contributed by atoms with Gasteiger partial charge in [-0.05, 0) is 35.9 Å². The standard InChI is InChI=1S/C18H13BrClN5O4/c19-13-3-1-2-11(6-13)9-24-10-15(25(28)29)17(23-24)18(27)22-21-8-12-7-14(20)4-5-16(12)26/h1-8,10,26H,9H2,(H,22,27)/b21-8-. The fourth-order valence-electron chi connectivity index (χ4n) is 2.45. The summed E-state index contributed by atoms with van der Waals surface area (Å²) in [5.41, 5.74) is 2.46. The summed E-state index contributed by atoms with van der Waals surface area (Å²) in [6, 6.07) is 11.7. The van der Waals surface area contributed by atoms with Crippen LogP contribution in [0, 0.1) is 10.1 Å². The van der Waals surface area contributed by atoms with E-state index in [4.69, 9.17) is 11.6 Å². The van der Waals surface area contributed by atoms with Gasteiger partial charge in [-0.25, -0.2) is 5.43 Å². The number of hydrogen-bond donors (Lipinski definition) is 2. The van der Waals surface area contributed by atoms with Gasteiger partial charge in [0.25, 0.3) is 5.91 Å². The number of nitro groups is 1. The second kappa shape index (κ2) is 8.84. The van der Waals surface area contributed by atoms with E-state index in [-0.39, 0.29) is 23.6 Å². The average Bonchev–Trinajstić information content (AvgIpc) is 3.09. The normalized spacial score (nSPS) is 11.0. The lowest BCUT2D eigenvalue weighted by atomic mass is 10.2. The Balaban J connectivity index is 1.78. The van der Waals surface area contributed by atoms with Crippen molar-refractivity contribution in [2.45, 2.75) is 6.54 Å². The van der Waals surface area contributed by atoms with Gasteiger partial charge in [-0.1, -0.05) is 39.7 Å². The molecule has 0 bridgehead atoms. The minimum absolute atomic E-state index is 0.0864. The van der Waals surface area contributed by atoms with Crippen LogP contribution in [0.25, 0.3) is 0 Å². The highest BCUT2D eigenvalue weighted by molar-refractivity contribution is 9.10. The van der Waals surface area contributed by atoms with Crippen molar-refractivity contribution >= 4 is 45.3 Å². The van der Waals surface area contributed by atoms with Gasteiger partial charge in [0.1, 0.15) is 11.9 Å². The number of phenolic OH excluding ortho intramolecular Hbond substituents is 1. The highest BCUT2D eigenvalue weighted by Crippen LogP contribution is 2.20. The average molecular weight is 479 g/mol. The zero-order chi connectivity index (χ0) is 21.0. The molecule has 0 fully saturated rings. The van der Waals surface area contributed by atoms with Crippen molar-refractivity contribution in [1.82, 2.24) is 15.2 Å². The molecule has 0 saturated carbocycles. The molecule has 148 valence electrons. The molecule has 1 heterocycles. The molecule has 11 heteroatoms. The van der Waals surface area contributed by atoms with Gasteiger partial charge in [-0.2, -0.15) is 10.2 Å². The van der Waals surface area contributed by atoms with Crippen LogP contribution in [0.1, 0.15) is 21.6 Å². The third kappa shape index (κ3) is 5.18. The molecule has 29 heavy (non-hydrogen) atoms. The first kappa shape index (κ1) is 20.5. The molecule has 3 rings (SSSR count). The Morgan fingerprint density at radius 3 is 2.90 bits per heavy atom. The van der Waals surface area contributed by atoms with Crippen LogP contribution in [0.3, 0.4) is 0 Å². The first-order valence-corrected chi connectivity index (χ1v) is 9.29. The second-order valence-corrected chi connectivity index (χ2v) is 7.20. The Hall–Kier alpha value is -3.24. The van der Waals surface area contributed by atoms with E-state index < -0.39 is 16.5 Å². The van der Waals surface area contributed by atoms with E-state index >= 15 is 0 Å². The molecule has 0 unspecified atom stereocenters. The van der Waals surface area contributed by atoms with E-state index in [9.17, 15) is 20.0 Å². The van der Waals surface area contributed by atoms with Crippen LogP contribution in [0.2, 0.25) is 5.02 Å². The van der Waals surface area contributed by atoms with Crippen LogP contribution in [0.5, 0.6) is 5.75 Å². The molecule has 0 radical (unpaired) electrons. The number of halogens is 2. The lowest BCUT2D eigenvalue weighted by Gasteiger charge is -2.02. The van der Waals surface area contributed by atoms with Gasteiger partial charge in [0.15, 0.2) is 0 Å². The van der Waals surface area contributed by atoms with E-state index in [2.05, 4.69) is 31.6 Å². The van der Waals surface area contributed by atoms with Crippen LogP contribution in [0.4, 0.5) is 5.69 Å². The van der Waals surface area contributed by atoms with Crippen LogP contribution < -0.4 is 5.43 Å². The maximum absolute atomic E-state index is 12.3. The van der Waals surface area contributed by atoms with Crippen LogP contribution in [0.15, 0.2) is 58.2 Å². The summed E-state index contributed by atoms with van der Waals surface area (Å²) < 4.78 is 2.16. The maximum atomic E-state index is 12.3. The fourth-order valence-corrected chi connectivity index (χ4v) is 3.08. The predicted octanol–water partition coefficient (Wildman–Crippen LogP) is 3.73. The minimum Gasteiger partial charge on any atom is -0.507 e. The lowest BCUT2D eigenvalue weighted by Crippen LogP contribution is -2.19. The number of benzene rings is 2. The Kier molecular flexibility index (Phi) is 6.25. The highest BCUT2D eigenvalue weighted by atomic mass is 79.9. The Bertz CT molecular complexity index is 1120. The predicted molar refractivity (Wildman–Crippen MR) is 110 cm³/mol. The Labute approximate surface area is 177 Å².